The molecule has 3 heterocycles. The van der Waals surface area contributed by atoms with E-state index in [9.17, 15) is 4.79 Å². The molecule has 0 unspecified atom stereocenters. The number of H-pyrrole nitrogens is 1. The van der Waals surface area contributed by atoms with Crippen molar-refractivity contribution in [2.24, 2.45) is 0 Å². The SMILES string of the molecule is C[C@H]1[C@H](Nc2cc3cc(Cl)ccc3[nH]2)CCCN1C(=O)c1ccccc1-n1nccn1. The Kier molecular flexibility index (Phi) is 5.11. The Morgan fingerprint density at radius 2 is 1.97 bits per heavy atom. The molecule has 1 aliphatic heterocycles. The maximum atomic E-state index is 13.5. The van der Waals surface area contributed by atoms with Gasteiger partial charge in [-0.25, -0.2) is 0 Å². The van der Waals surface area contributed by atoms with Crippen LogP contribution in [-0.4, -0.2) is 49.4 Å². The second-order valence-corrected chi connectivity index (χ2v) is 8.32. The normalized spacial score (nSPS) is 19.0. The Hall–Kier alpha value is -3.32. The molecule has 0 saturated carbocycles. The van der Waals surface area contributed by atoms with E-state index < -0.39 is 0 Å². The van der Waals surface area contributed by atoms with Gasteiger partial charge in [-0.2, -0.15) is 15.0 Å². The lowest BCUT2D eigenvalue weighted by atomic mass is 9.96. The number of benzene rings is 2. The summed E-state index contributed by atoms with van der Waals surface area (Å²) in [6.07, 6.45) is 5.14. The fourth-order valence-corrected chi connectivity index (χ4v) is 4.51. The highest BCUT2D eigenvalue weighted by atomic mass is 35.5. The third-order valence-corrected chi connectivity index (χ3v) is 6.18. The highest BCUT2D eigenvalue weighted by Crippen LogP contribution is 2.27. The maximum Gasteiger partial charge on any atom is 0.256 e. The molecule has 1 aliphatic rings. The van der Waals surface area contributed by atoms with Crippen LogP contribution in [0.15, 0.2) is 60.9 Å². The van der Waals surface area contributed by atoms with Crippen LogP contribution >= 0.6 is 11.6 Å². The number of carbonyl (C=O) groups excluding carboxylic acids is 1. The molecule has 0 bridgehead atoms. The lowest BCUT2D eigenvalue weighted by molar-refractivity contribution is 0.0616. The molecule has 1 fully saturated rings. The van der Waals surface area contributed by atoms with Gasteiger partial charge in [-0.3, -0.25) is 4.79 Å². The van der Waals surface area contributed by atoms with E-state index in [4.69, 9.17) is 11.6 Å². The average molecular weight is 435 g/mol. The van der Waals surface area contributed by atoms with Gasteiger partial charge >= 0.3 is 0 Å². The number of aromatic amines is 1. The molecule has 2 N–H and O–H groups in total. The predicted octanol–water partition coefficient (Wildman–Crippen LogP) is 4.51. The fourth-order valence-electron chi connectivity index (χ4n) is 4.33. The van der Waals surface area contributed by atoms with Crippen LogP contribution in [0.3, 0.4) is 0 Å². The number of halogens is 1. The molecular weight excluding hydrogens is 412 g/mol. The van der Waals surface area contributed by atoms with Crippen molar-refractivity contribution in [3.05, 3.63) is 71.5 Å². The summed E-state index contributed by atoms with van der Waals surface area (Å²) in [5.41, 5.74) is 2.32. The van der Waals surface area contributed by atoms with Crippen molar-refractivity contribution in [2.45, 2.75) is 31.8 Å². The van der Waals surface area contributed by atoms with E-state index >= 15 is 0 Å². The minimum absolute atomic E-state index is 0.00433. The summed E-state index contributed by atoms with van der Waals surface area (Å²) in [7, 11) is 0. The van der Waals surface area contributed by atoms with Gasteiger partial charge in [0.25, 0.3) is 5.91 Å². The Balaban J connectivity index is 1.38. The van der Waals surface area contributed by atoms with Gasteiger partial charge in [0.05, 0.1) is 23.6 Å². The summed E-state index contributed by atoms with van der Waals surface area (Å²) < 4.78 is 0. The van der Waals surface area contributed by atoms with Gasteiger partial charge < -0.3 is 15.2 Å². The summed E-state index contributed by atoms with van der Waals surface area (Å²) in [6.45, 7) is 2.82. The van der Waals surface area contributed by atoms with Gasteiger partial charge in [-0.05, 0) is 56.2 Å². The summed E-state index contributed by atoms with van der Waals surface area (Å²) in [5.74, 6) is 0.930. The van der Waals surface area contributed by atoms with Crippen molar-refractivity contribution in [1.82, 2.24) is 24.9 Å². The summed E-state index contributed by atoms with van der Waals surface area (Å²) in [5, 5.41) is 13.8. The molecule has 4 aromatic rings. The number of fused-ring (bicyclic) bond motifs is 1. The van der Waals surface area contributed by atoms with E-state index in [0.717, 1.165) is 36.1 Å². The van der Waals surface area contributed by atoms with Crippen LogP contribution in [0.2, 0.25) is 5.02 Å². The molecule has 2 aromatic heterocycles. The van der Waals surface area contributed by atoms with E-state index in [-0.39, 0.29) is 18.0 Å². The van der Waals surface area contributed by atoms with E-state index in [0.29, 0.717) is 16.3 Å². The standard InChI is InChI=1S/C23H23ClN6O/c1-15-19(27-22-14-16-13-17(24)8-9-20(16)28-22)6-4-12-29(15)23(31)18-5-2-3-7-21(18)30-25-10-11-26-30/h2-3,5,7-11,13-15,19,27-28H,4,6,12H2,1H3/t15-,19+/m0/s1. The molecule has 8 heteroatoms. The number of para-hydroxylation sites is 1. The quantitative estimate of drug-likeness (QED) is 0.495. The van der Waals surface area contributed by atoms with E-state index in [1.54, 1.807) is 12.4 Å². The van der Waals surface area contributed by atoms with Gasteiger partial charge in [-0.1, -0.05) is 23.7 Å². The van der Waals surface area contributed by atoms with Crippen molar-refractivity contribution in [3.63, 3.8) is 0 Å². The fraction of sp³-hybridized carbons (Fsp3) is 0.261. The predicted molar refractivity (Wildman–Crippen MR) is 122 cm³/mol. The number of amides is 1. The molecule has 2 atom stereocenters. The molecule has 7 nitrogen and oxygen atoms in total. The minimum Gasteiger partial charge on any atom is -0.367 e. The number of anilines is 1. The summed E-state index contributed by atoms with van der Waals surface area (Å²) in [6, 6.07) is 15.5. The van der Waals surface area contributed by atoms with Crippen molar-refractivity contribution in [2.75, 3.05) is 11.9 Å². The topological polar surface area (TPSA) is 78.8 Å². The maximum absolute atomic E-state index is 13.5. The zero-order valence-corrected chi connectivity index (χ0v) is 17.9. The molecule has 0 spiro atoms. The second-order valence-electron chi connectivity index (χ2n) is 7.88. The molecule has 158 valence electrons. The Morgan fingerprint density at radius 1 is 1.16 bits per heavy atom. The van der Waals surface area contributed by atoms with Crippen molar-refractivity contribution < 1.29 is 4.79 Å². The lowest BCUT2D eigenvalue weighted by Gasteiger charge is -2.40. The molecule has 0 radical (unpaired) electrons. The van der Waals surface area contributed by atoms with Gasteiger partial charge in [0, 0.05) is 34.6 Å². The van der Waals surface area contributed by atoms with Gasteiger partial charge in [0.15, 0.2) is 0 Å². The number of carbonyl (C=O) groups is 1. The third-order valence-electron chi connectivity index (χ3n) is 5.94. The molecule has 1 amide bonds. The van der Waals surface area contributed by atoms with Crippen molar-refractivity contribution >= 4 is 34.2 Å². The number of nitrogens with one attached hydrogen (secondary N) is 2. The molecule has 31 heavy (non-hydrogen) atoms. The number of rotatable bonds is 4. The van der Waals surface area contributed by atoms with E-state index in [1.807, 2.05) is 47.4 Å². The Morgan fingerprint density at radius 3 is 2.81 bits per heavy atom. The summed E-state index contributed by atoms with van der Waals surface area (Å²) in [4.78, 5) is 20.4. The number of aromatic nitrogens is 4. The van der Waals surface area contributed by atoms with Crippen LogP contribution in [0.1, 0.15) is 30.1 Å². The summed E-state index contributed by atoms with van der Waals surface area (Å²) >= 11 is 6.12. The smallest absolute Gasteiger partial charge is 0.256 e. The number of hydrogen-bond donors (Lipinski definition) is 2. The zero-order chi connectivity index (χ0) is 21.4. The van der Waals surface area contributed by atoms with Crippen LogP contribution in [0.25, 0.3) is 16.6 Å². The largest absolute Gasteiger partial charge is 0.367 e. The van der Waals surface area contributed by atoms with Gasteiger partial charge in [0.1, 0.15) is 5.82 Å². The van der Waals surface area contributed by atoms with E-state index in [2.05, 4.69) is 33.5 Å². The first-order valence-electron chi connectivity index (χ1n) is 10.4. The first-order chi connectivity index (χ1) is 15.1. The number of piperidine rings is 1. The molecular formula is C23H23ClN6O. The van der Waals surface area contributed by atoms with E-state index in [1.165, 1.54) is 4.80 Å². The number of nitrogens with zero attached hydrogens (tertiary/aromatic N) is 4. The highest BCUT2D eigenvalue weighted by Gasteiger charge is 2.33. The van der Waals surface area contributed by atoms with Gasteiger partial charge in [-0.15, -0.1) is 0 Å². The molecule has 2 aromatic carbocycles. The first kappa shape index (κ1) is 19.6. The number of likely N-dealkylation sites (tertiary alicyclic amines) is 1. The molecule has 0 aliphatic carbocycles. The minimum atomic E-state index is -0.00433. The number of hydrogen-bond acceptors (Lipinski definition) is 4. The Bertz CT molecular complexity index is 1220. The van der Waals surface area contributed by atoms with Crippen LogP contribution < -0.4 is 5.32 Å². The highest BCUT2D eigenvalue weighted by molar-refractivity contribution is 6.31. The zero-order valence-electron chi connectivity index (χ0n) is 17.1. The van der Waals surface area contributed by atoms with Crippen LogP contribution in [-0.2, 0) is 0 Å². The van der Waals surface area contributed by atoms with Crippen molar-refractivity contribution in [3.8, 4) is 5.69 Å². The monoisotopic (exact) mass is 434 g/mol. The molecule has 5 rings (SSSR count). The Labute approximate surface area is 185 Å². The van der Waals surface area contributed by atoms with Gasteiger partial charge in [0.2, 0.25) is 0 Å². The van der Waals surface area contributed by atoms with Crippen LogP contribution in [0.4, 0.5) is 5.82 Å². The first-order valence-corrected chi connectivity index (χ1v) is 10.8. The molecule has 1 saturated heterocycles. The third kappa shape index (κ3) is 3.77. The van der Waals surface area contributed by atoms with Crippen LogP contribution in [0, 0.1) is 0 Å². The van der Waals surface area contributed by atoms with Crippen molar-refractivity contribution in [1.29, 1.82) is 0 Å². The second kappa shape index (κ2) is 8.07. The average Bonchev–Trinajstić information content (AvgIpc) is 3.44. The lowest BCUT2D eigenvalue weighted by Crippen LogP contribution is -2.52. The van der Waals surface area contributed by atoms with Crippen LogP contribution in [0.5, 0.6) is 0 Å².